The van der Waals surface area contributed by atoms with Gasteiger partial charge in [0.25, 0.3) is 0 Å². The zero-order valence-electron chi connectivity index (χ0n) is 11.5. The lowest BCUT2D eigenvalue weighted by atomic mass is 10.2. The molecule has 2 rings (SSSR count). The lowest BCUT2D eigenvalue weighted by molar-refractivity contribution is -0.174. The highest BCUT2D eigenvalue weighted by Crippen LogP contribution is 2.15. The van der Waals surface area contributed by atoms with Gasteiger partial charge in [0.2, 0.25) is 5.91 Å². The van der Waals surface area contributed by atoms with Gasteiger partial charge in [-0.1, -0.05) is 0 Å². The number of carbonyl (C=O) groups is 1. The summed E-state index contributed by atoms with van der Waals surface area (Å²) in [6.07, 6.45) is 0.562. The SMILES string of the molecule is O=C(CCOCC(F)(F)F)Nc1ccc(-n2ccnc2)cc1. The maximum atomic E-state index is 11.8. The van der Waals surface area contributed by atoms with E-state index in [1.54, 1.807) is 47.6 Å². The van der Waals surface area contributed by atoms with E-state index in [-0.39, 0.29) is 13.0 Å². The second-order valence-electron chi connectivity index (χ2n) is 4.48. The van der Waals surface area contributed by atoms with Crippen LogP contribution in [-0.4, -0.2) is 34.8 Å². The number of anilines is 1. The highest BCUT2D eigenvalue weighted by Gasteiger charge is 2.27. The van der Waals surface area contributed by atoms with Crippen molar-refractivity contribution in [1.82, 2.24) is 9.55 Å². The van der Waals surface area contributed by atoms with E-state index >= 15 is 0 Å². The maximum Gasteiger partial charge on any atom is 0.411 e. The molecule has 0 aliphatic carbocycles. The summed E-state index contributed by atoms with van der Waals surface area (Å²) in [5, 5.41) is 2.59. The molecule has 0 spiro atoms. The van der Waals surface area contributed by atoms with Crippen LogP contribution in [0.1, 0.15) is 6.42 Å². The van der Waals surface area contributed by atoms with Crippen molar-refractivity contribution in [3.05, 3.63) is 43.0 Å². The smallest absolute Gasteiger partial charge is 0.372 e. The molecule has 0 saturated heterocycles. The van der Waals surface area contributed by atoms with E-state index in [0.717, 1.165) is 5.69 Å². The molecule has 2 aromatic rings. The van der Waals surface area contributed by atoms with Crippen LogP contribution in [0.5, 0.6) is 0 Å². The van der Waals surface area contributed by atoms with Crippen molar-refractivity contribution in [3.8, 4) is 5.69 Å². The van der Waals surface area contributed by atoms with Crippen molar-refractivity contribution in [1.29, 1.82) is 0 Å². The molecule has 1 heterocycles. The van der Waals surface area contributed by atoms with Crippen LogP contribution in [0.15, 0.2) is 43.0 Å². The number of imidazole rings is 1. The van der Waals surface area contributed by atoms with E-state index in [9.17, 15) is 18.0 Å². The Labute approximate surface area is 124 Å². The van der Waals surface area contributed by atoms with Crippen LogP contribution in [0.4, 0.5) is 18.9 Å². The number of carbonyl (C=O) groups excluding carboxylic acids is 1. The summed E-state index contributed by atoms with van der Waals surface area (Å²) in [5.41, 5.74) is 1.44. The van der Waals surface area contributed by atoms with E-state index in [1.165, 1.54) is 0 Å². The van der Waals surface area contributed by atoms with Gasteiger partial charge in [0, 0.05) is 23.8 Å². The Bertz CT molecular complexity index is 595. The number of nitrogens with one attached hydrogen (secondary N) is 1. The standard InChI is InChI=1S/C14H14F3N3O2/c15-14(16,17)9-22-8-5-13(21)19-11-1-3-12(4-2-11)20-7-6-18-10-20/h1-4,6-7,10H,5,8-9H2,(H,19,21). The summed E-state index contributed by atoms with van der Waals surface area (Å²) < 4.78 is 41.7. The fourth-order valence-corrected chi connectivity index (χ4v) is 1.70. The lowest BCUT2D eigenvalue weighted by Crippen LogP contribution is -2.20. The zero-order valence-corrected chi connectivity index (χ0v) is 11.5. The highest BCUT2D eigenvalue weighted by atomic mass is 19.4. The Morgan fingerprint density at radius 1 is 1.27 bits per heavy atom. The van der Waals surface area contributed by atoms with Gasteiger partial charge in [0.15, 0.2) is 0 Å². The van der Waals surface area contributed by atoms with Crippen LogP contribution in [-0.2, 0) is 9.53 Å². The number of halogens is 3. The van der Waals surface area contributed by atoms with Crippen LogP contribution in [0.2, 0.25) is 0 Å². The Hall–Kier alpha value is -2.35. The Morgan fingerprint density at radius 2 is 2.00 bits per heavy atom. The molecular weight excluding hydrogens is 299 g/mol. The van der Waals surface area contributed by atoms with Crippen molar-refractivity contribution in [2.24, 2.45) is 0 Å². The van der Waals surface area contributed by atoms with E-state index in [4.69, 9.17) is 0 Å². The molecule has 0 radical (unpaired) electrons. The van der Waals surface area contributed by atoms with Gasteiger partial charge < -0.3 is 14.6 Å². The summed E-state index contributed by atoms with van der Waals surface area (Å²) in [5.74, 6) is -0.405. The van der Waals surface area contributed by atoms with Crippen LogP contribution < -0.4 is 5.32 Å². The van der Waals surface area contributed by atoms with E-state index in [1.807, 2.05) is 0 Å². The molecule has 0 aliphatic heterocycles. The molecule has 1 N–H and O–H groups in total. The third-order valence-corrected chi connectivity index (χ3v) is 2.69. The summed E-state index contributed by atoms with van der Waals surface area (Å²) in [7, 11) is 0. The van der Waals surface area contributed by atoms with Gasteiger partial charge >= 0.3 is 6.18 Å². The third kappa shape index (κ3) is 5.21. The molecule has 1 aromatic carbocycles. The Balaban J connectivity index is 1.77. The summed E-state index contributed by atoms with van der Waals surface area (Å²) >= 11 is 0. The monoisotopic (exact) mass is 313 g/mol. The molecule has 5 nitrogen and oxygen atoms in total. The van der Waals surface area contributed by atoms with Crippen molar-refractivity contribution >= 4 is 11.6 Å². The van der Waals surface area contributed by atoms with Gasteiger partial charge in [-0.3, -0.25) is 4.79 Å². The molecule has 118 valence electrons. The third-order valence-electron chi connectivity index (χ3n) is 2.69. The number of ether oxygens (including phenoxy) is 1. The predicted octanol–water partition coefficient (Wildman–Crippen LogP) is 2.78. The molecular formula is C14H14F3N3O2. The first-order valence-corrected chi connectivity index (χ1v) is 6.47. The molecule has 0 unspecified atom stereocenters. The van der Waals surface area contributed by atoms with Crippen LogP contribution >= 0.6 is 0 Å². The second kappa shape index (κ2) is 7.08. The number of amides is 1. The van der Waals surface area contributed by atoms with Crippen molar-refractivity contribution < 1.29 is 22.7 Å². The average molecular weight is 313 g/mol. The van der Waals surface area contributed by atoms with Gasteiger partial charge in [0.1, 0.15) is 6.61 Å². The largest absolute Gasteiger partial charge is 0.411 e. The van der Waals surface area contributed by atoms with Gasteiger partial charge in [-0.2, -0.15) is 13.2 Å². The summed E-state index contributed by atoms with van der Waals surface area (Å²) in [6.45, 7) is -1.63. The second-order valence-corrected chi connectivity index (χ2v) is 4.48. The van der Waals surface area contributed by atoms with Gasteiger partial charge in [-0.05, 0) is 24.3 Å². The minimum absolute atomic E-state index is 0.140. The molecule has 0 bridgehead atoms. The van der Waals surface area contributed by atoms with Crippen LogP contribution in [0.25, 0.3) is 5.69 Å². The number of aromatic nitrogens is 2. The molecule has 1 aromatic heterocycles. The number of hydrogen-bond acceptors (Lipinski definition) is 3. The molecule has 0 fully saturated rings. The summed E-state index contributed by atoms with van der Waals surface area (Å²) in [4.78, 5) is 15.5. The first-order valence-electron chi connectivity index (χ1n) is 6.47. The average Bonchev–Trinajstić information content (AvgIpc) is 2.98. The zero-order chi connectivity index (χ0) is 16.0. The highest BCUT2D eigenvalue weighted by molar-refractivity contribution is 5.90. The summed E-state index contributed by atoms with van der Waals surface area (Å²) in [6, 6.07) is 6.97. The number of alkyl halides is 3. The number of nitrogens with zero attached hydrogens (tertiary/aromatic N) is 2. The molecule has 0 aliphatic rings. The number of rotatable bonds is 6. The lowest BCUT2D eigenvalue weighted by Gasteiger charge is -2.09. The van der Waals surface area contributed by atoms with Crippen LogP contribution in [0.3, 0.4) is 0 Å². The van der Waals surface area contributed by atoms with E-state index in [0.29, 0.717) is 5.69 Å². The van der Waals surface area contributed by atoms with Crippen LogP contribution in [0, 0.1) is 0 Å². The van der Waals surface area contributed by atoms with E-state index in [2.05, 4.69) is 15.0 Å². The van der Waals surface area contributed by atoms with Crippen molar-refractivity contribution in [2.75, 3.05) is 18.5 Å². The van der Waals surface area contributed by atoms with Gasteiger partial charge in [-0.15, -0.1) is 0 Å². The molecule has 0 atom stereocenters. The quantitative estimate of drug-likeness (QED) is 0.834. The first-order chi connectivity index (χ1) is 10.4. The minimum Gasteiger partial charge on any atom is -0.372 e. The number of hydrogen-bond donors (Lipinski definition) is 1. The first kappa shape index (κ1) is 16.0. The molecule has 1 amide bonds. The van der Waals surface area contributed by atoms with Crippen molar-refractivity contribution in [3.63, 3.8) is 0 Å². The Kier molecular flexibility index (Phi) is 5.16. The minimum atomic E-state index is -4.38. The topological polar surface area (TPSA) is 56.1 Å². The Morgan fingerprint density at radius 3 is 2.59 bits per heavy atom. The fraction of sp³-hybridized carbons (Fsp3) is 0.286. The fourth-order valence-electron chi connectivity index (χ4n) is 1.70. The maximum absolute atomic E-state index is 11.8. The number of benzene rings is 1. The van der Waals surface area contributed by atoms with Gasteiger partial charge in [0.05, 0.1) is 19.4 Å². The predicted molar refractivity (Wildman–Crippen MR) is 73.7 cm³/mol. The van der Waals surface area contributed by atoms with Crippen molar-refractivity contribution in [2.45, 2.75) is 12.6 Å². The molecule has 0 saturated carbocycles. The van der Waals surface area contributed by atoms with Gasteiger partial charge in [-0.25, -0.2) is 4.98 Å². The molecule has 22 heavy (non-hydrogen) atoms. The normalized spacial score (nSPS) is 11.4. The molecule has 8 heteroatoms. The van der Waals surface area contributed by atoms with E-state index < -0.39 is 18.7 Å².